The number of hydrogen-bond acceptors (Lipinski definition) is 3. The highest BCUT2D eigenvalue weighted by Crippen LogP contribution is 1.99. The smallest absolute Gasteiger partial charge is 0.236 e. The van der Waals surface area contributed by atoms with Gasteiger partial charge in [-0.25, -0.2) is 0 Å². The summed E-state index contributed by atoms with van der Waals surface area (Å²) < 4.78 is 0. The van der Waals surface area contributed by atoms with E-state index in [-0.39, 0.29) is 11.9 Å². The van der Waals surface area contributed by atoms with E-state index >= 15 is 0 Å². The van der Waals surface area contributed by atoms with Crippen molar-refractivity contribution in [1.29, 1.82) is 0 Å². The van der Waals surface area contributed by atoms with Crippen LogP contribution in [0.15, 0.2) is 12.7 Å². The maximum Gasteiger partial charge on any atom is 0.236 e. The van der Waals surface area contributed by atoms with Gasteiger partial charge in [0.25, 0.3) is 0 Å². The van der Waals surface area contributed by atoms with Crippen LogP contribution in [0.25, 0.3) is 0 Å². The van der Waals surface area contributed by atoms with Crippen molar-refractivity contribution in [1.82, 2.24) is 15.1 Å². The first-order valence-corrected chi connectivity index (χ1v) is 5.45. The molecule has 0 aromatic carbocycles. The summed E-state index contributed by atoms with van der Waals surface area (Å²) in [6, 6.07) is 0.196. The van der Waals surface area contributed by atoms with Crippen LogP contribution in [-0.4, -0.2) is 61.5 Å². The average molecular weight is 211 g/mol. The highest BCUT2D eigenvalue weighted by Gasteiger charge is 2.18. The lowest BCUT2D eigenvalue weighted by molar-refractivity contribution is -0.131. The van der Waals surface area contributed by atoms with Gasteiger partial charge in [0.05, 0.1) is 6.54 Å². The molecule has 86 valence electrons. The zero-order chi connectivity index (χ0) is 11.3. The van der Waals surface area contributed by atoms with Crippen molar-refractivity contribution >= 4 is 5.91 Å². The van der Waals surface area contributed by atoms with Crippen LogP contribution in [0, 0.1) is 0 Å². The molecule has 1 heterocycles. The van der Waals surface area contributed by atoms with E-state index < -0.39 is 0 Å². The number of rotatable bonds is 4. The van der Waals surface area contributed by atoms with Gasteiger partial charge < -0.3 is 15.1 Å². The van der Waals surface area contributed by atoms with Gasteiger partial charge in [0, 0.05) is 32.2 Å². The lowest BCUT2D eigenvalue weighted by Crippen LogP contribution is -2.50. The first kappa shape index (κ1) is 12.2. The summed E-state index contributed by atoms with van der Waals surface area (Å²) in [5.74, 6) is 0.191. The minimum Gasteiger partial charge on any atom is -0.339 e. The average Bonchev–Trinajstić information content (AvgIpc) is 2.26. The van der Waals surface area contributed by atoms with Gasteiger partial charge in [-0.3, -0.25) is 4.79 Å². The van der Waals surface area contributed by atoms with Crippen molar-refractivity contribution in [3.8, 4) is 0 Å². The Hall–Kier alpha value is -0.870. The number of hydrogen-bond donors (Lipinski definition) is 1. The van der Waals surface area contributed by atoms with E-state index in [0.717, 1.165) is 26.2 Å². The predicted octanol–water partition coefficient (Wildman–Crippen LogP) is -0.0755. The third kappa shape index (κ3) is 4.01. The van der Waals surface area contributed by atoms with E-state index in [4.69, 9.17) is 0 Å². The van der Waals surface area contributed by atoms with Crippen LogP contribution in [0.1, 0.15) is 6.92 Å². The van der Waals surface area contributed by atoms with E-state index in [0.29, 0.717) is 6.54 Å². The number of likely N-dealkylation sites (N-methyl/N-ethyl adjacent to an activating group) is 1. The molecule has 15 heavy (non-hydrogen) atoms. The summed E-state index contributed by atoms with van der Waals surface area (Å²) in [5.41, 5.74) is 0. The zero-order valence-electron chi connectivity index (χ0n) is 9.70. The van der Waals surface area contributed by atoms with E-state index in [9.17, 15) is 4.79 Å². The Morgan fingerprint density at radius 2 is 2.07 bits per heavy atom. The third-order valence-electron chi connectivity index (χ3n) is 2.78. The van der Waals surface area contributed by atoms with Gasteiger partial charge in [-0.15, -0.1) is 6.58 Å². The van der Waals surface area contributed by atoms with Gasteiger partial charge in [0.2, 0.25) is 5.91 Å². The van der Waals surface area contributed by atoms with Gasteiger partial charge in [-0.2, -0.15) is 0 Å². The highest BCUT2D eigenvalue weighted by atomic mass is 16.2. The zero-order valence-corrected chi connectivity index (χ0v) is 9.70. The minimum atomic E-state index is 0.191. The van der Waals surface area contributed by atoms with Crippen LogP contribution in [0.3, 0.4) is 0 Å². The number of nitrogens with one attached hydrogen (secondary N) is 1. The summed E-state index contributed by atoms with van der Waals surface area (Å²) in [7, 11) is 2.08. The summed E-state index contributed by atoms with van der Waals surface area (Å²) >= 11 is 0. The highest BCUT2D eigenvalue weighted by molar-refractivity contribution is 5.78. The Morgan fingerprint density at radius 3 is 2.60 bits per heavy atom. The fourth-order valence-electron chi connectivity index (χ4n) is 1.50. The molecule has 1 aliphatic heterocycles. The number of amides is 1. The van der Waals surface area contributed by atoms with Crippen LogP contribution >= 0.6 is 0 Å². The molecule has 1 rings (SSSR count). The molecule has 1 atom stereocenters. The molecule has 1 fully saturated rings. The van der Waals surface area contributed by atoms with E-state index in [1.165, 1.54) is 0 Å². The fraction of sp³-hybridized carbons (Fsp3) is 0.727. The van der Waals surface area contributed by atoms with Gasteiger partial charge >= 0.3 is 0 Å². The van der Waals surface area contributed by atoms with E-state index in [1.807, 2.05) is 11.8 Å². The SMILES string of the molecule is C=CC(C)NCC(=O)N1CCN(C)CC1. The molecular formula is C11H21N3O. The van der Waals surface area contributed by atoms with Gasteiger partial charge in [0.15, 0.2) is 0 Å². The minimum absolute atomic E-state index is 0.191. The number of carbonyl (C=O) groups excluding carboxylic acids is 1. The van der Waals surface area contributed by atoms with Gasteiger partial charge in [0.1, 0.15) is 0 Å². The molecule has 1 amide bonds. The molecule has 4 heteroatoms. The largest absolute Gasteiger partial charge is 0.339 e. The Bertz CT molecular complexity index is 222. The lowest BCUT2D eigenvalue weighted by atomic mass is 10.3. The summed E-state index contributed by atoms with van der Waals surface area (Å²) in [5, 5.41) is 3.12. The Balaban J connectivity index is 2.25. The topological polar surface area (TPSA) is 35.6 Å². The number of piperazine rings is 1. The van der Waals surface area contributed by atoms with Crippen LogP contribution in [0.2, 0.25) is 0 Å². The Morgan fingerprint density at radius 1 is 1.47 bits per heavy atom. The van der Waals surface area contributed by atoms with Crippen molar-refractivity contribution in [2.75, 3.05) is 39.8 Å². The van der Waals surface area contributed by atoms with Crippen molar-refractivity contribution in [3.63, 3.8) is 0 Å². The quantitative estimate of drug-likeness (QED) is 0.661. The van der Waals surface area contributed by atoms with Gasteiger partial charge in [-0.05, 0) is 14.0 Å². The Labute approximate surface area is 91.9 Å². The molecule has 0 aliphatic carbocycles. The second-order valence-corrected chi connectivity index (χ2v) is 4.09. The van der Waals surface area contributed by atoms with Crippen molar-refractivity contribution < 1.29 is 4.79 Å². The van der Waals surface area contributed by atoms with Crippen molar-refractivity contribution in [3.05, 3.63) is 12.7 Å². The van der Waals surface area contributed by atoms with Crippen LogP contribution in [0.5, 0.6) is 0 Å². The summed E-state index contributed by atoms with van der Waals surface area (Å²) in [6.07, 6.45) is 1.80. The lowest BCUT2D eigenvalue weighted by Gasteiger charge is -2.32. The molecule has 1 aliphatic rings. The molecule has 0 aromatic heterocycles. The number of nitrogens with zero attached hydrogens (tertiary/aromatic N) is 2. The summed E-state index contributed by atoms with van der Waals surface area (Å²) in [6.45, 7) is 9.71. The van der Waals surface area contributed by atoms with E-state index in [1.54, 1.807) is 6.08 Å². The monoisotopic (exact) mass is 211 g/mol. The van der Waals surface area contributed by atoms with Crippen LogP contribution in [0.4, 0.5) is 0 Å². The maximum absolute atomic E-state index is 11.7. The third-order valence-corrected chi connectivity index (χ3v) is 2.78. The second-order valence-electron chi connectivity index (χ2n) is 4.09. The van der Waals surface area contributed by atoms with E-state index in [2.05, 4.69) is 23.8 Å². The molecule has 0 spiro atoms. The van der Waals surface area contributed by atoms with Crippen LogP contribution < -0.4 is 5.32 Å². The molecule has 0 saturated carbocycles. The Kier molecular flexibility index (Phi) is 4.78. The van der Waals surface area contributed by atoms with Crippen molar-refractivity contribution in [2.24, 2.45) is 0 Å². The molecule has 0 radical (unpaired) electrons. The maximum atomic E-state index is 11.7. The molecule has 1 unspecified atom stereocenters. The first-order chi connectivity index (χ1) is 7.13. The summed E-state index contributed by atoms with van der Waals surface area (Å²) in [4.78, 5) is 15.9. The molecule has 1 N–H and O–H groups in total. The number of carbonyl (C=O) groups is 1. The van der Waals surface area contributed by atoms with Crippen molar-refractivity contribution in [2.45, 2.75) is 13.0 Å². The first-order valence-electron chi connectivity index (χ1n) is 5.45. The molecule has 1 saturated heterocycles. The molecular weight excluding hydrogens is 190 g/mol. The van der Waals surface area contributed by atoms with Gasteiger partial charge in [-0.1, -0.05) is 6.08 Å². The second kappa shape index (κ2) is 5.88. The molecule has 0 aromatic rings. The van der Waals surface area contributed by atoms with Crippen LogP contribution in [-0.2, 0) is 4.79 Å². The standard InChI is InChI=1S/C11H21N3O/c1-4-10(2)12-9-11(15)14-7-5-13(3)6-8-14/h4,10,12H,1,5-9H2,2-3H3. The molecule has 4 nitrogen and oxygen atoms in total. The normalized spacial score (nSPS) is 20.0. The predicted molar refractivity (Wildman–Crippen MR) is 61.7 cm³/mol. The molecule has 0 bridgehead atoms. The fourth-order valence-corrected chi connectivity index (χ4v) is 1.50.